The molecule has 3 unspecified atom stereocenters. The fraction of sp³-hybridized carbons (Fsp3) is 0.0538. The van der Waals surface area contributed by atoms with E-state index in [9.17, 15) is 0 Å². The van der Waals surface area contributed by atoms with E-state index in [2.05, 4.69) is 61.7 Å². The molecule has 0 amide bonds. The Morgan fingerprint density at radius 2 is 0.663 bits per heavy atom. The van der Waals surface area contributed by atoms with Crippen molar-refractivity contribution in [3.05, 3.63) is 416 Å². The highest BCUT2D eigenvalue weighted by Gasteiger charge is 2.55. The van der Waals surface area contributed by atoms with Gasteiger partial charge in [-0.05, 0) is 202 Å². The normalized spacial score (nSPS) is 17.0. The summed E-state index contributed by atoms with van der Waals surface area (Å²) < 4.78 is 152. The topological polar surface area (TPSA) is 6.48 Å². The van der Waals surface area contributed by atoms with Crippen LogP contribution in [0.2, 0.25) is 0 Å². The molecule has 0 aromatic heterocycles. The molecule has 1 aliphatic heterocycles. The molecule has 5 aliphatic rings. The molecular formula is C93H55F9N2. The number of fused-ring (bicyclic) bond motifs is 23. The van der Waals surface area contributed by atoms with Crippen LogP contribution in [0.15, 0.2) is 286 Å². The quantitative estimate of drug-likeness (QED) is 0.0723. The fourth-order valence-electron chi connectivity index (χ4n) is 18.1. The van der Waals surface area contributed by atoms with Crippen molar-refractivity contribution in [2.24, 2.45) is 0 Å². The zero-order chi connectivity index (χ0) is 70.8. The SMILES string of the molecule is C=Cc1ccc(CC2(c3c(F)c(F)c(F)c(F)c3F)c3ccccc3-c3ccc(N(c4ccccc4)c4ccc5c(c4)C4(c6ccccc6-5)c5ccccc5-c5ccc(N6c7cccc(c7)-c7c(F)c(F)c(F)c(c7F)C7(Cc8ccc(C=C)cc8)c8ccccc8-c8ccc6cc87)cc54)cc32)cc1. The predicted molar refractivity (Wildman–Crippen MR) is 395 cm³/mol. The lowest BCUT2D eigenvalue weighted by molar-refractivity contribution is 0.357. The highest BCUT2D eigenvalue weighted by Crippen LogP contribution is 2.66. The van der Waals surface area contributed by atoms with Gasteiger partial charge in [-0.2, -0.15) is 0 Å². The minimum atomic E-state index is -2.26. The van der Waals surface area contributed by atoms with Crippen molar-refractivity contribution in [2.75, 3.05) is 9.80 Å². The Bertz CT molecular complexity index is 6020. The molecule has 14 aromatic carbocycles. The molecule has 104 heavy (non-hydrogen) atoms. The fourth-order valence-corrected chi connectivity index (χ4v) is 18.1. The number of rotatable bonds is 11. The Morgan fingerprint density at radius 3 is 1.17 bits per heavy atom. The summed E-state index contributed by atoms with van der Waals surface area (Å²) in [5.41, 5.74) is 11.1. The molecule has 11 heteroatoms. The second kappa shape index (κ2) is 23.0. The van der Waals surface area contributed by atoms with Crippen LogP contribution in [0.4, 0.5) is 73.6 Å². The van der Waals surface area contributed by atoms with Crippen LogP contribution in [0.25, 0.3) is 67.8 Å². The van der Waals surface area contributed by atoms with Crippen LogP contribution in [0.5, 0.6) is 0 Å². The maximum absolute atomic E-state index is 18.5. The molecule has 6 bridgehead atoms. The first-order valence-electron chi connectivity index (χ1n) is 34.2. The zero-order valence-electron chi connectivity index (χ0n) is 55.3. The molecule has 4 aliphatic carbocycles. The zero-order valence-corrected chi connectivity index (χ0v) is 55.3. The van der Waals surface area contributed by atoms with Gasteiger partial charge in [0.1, 0.15) is 5.82 Å². The van der Waals surface area contributed by atoms with E-state index in [4.69, 9.17) is 0 Å². The smallest absolute Gasteiger partial charge is 0.200 e. The van der Waals surface area contributed by atoms with Gasteiger partial charge in [0, 0.05) is 45.3 Å². The monoisotopic (exact) mass is 1370 g/mol. The Morgan fingerprint density at radius 1 is 0.288 bits per heavy atom. The molecule has 0 saturated heterocycles. The van der Waals surface area contributed by atoms with Crippen molar-refractivity contribution >= 4 is 46.3 Å². The Labute approximate surface area is 593 Å². The van der Waals surface area contributed by atoms with E-state index in [0.29, 0.717) is 89.8 Å². The molecule has 0 saturated carbocycles. The van der Waals surface area contributed by atoms with Gasteiger partial charge in [-0.3, -0.25) is 0 Å². The van der Waals surface area contributed by atoms with E-state index < -0.39 is 85.3 Å². The van der Waals surface area contributed by atoms with Crippen LogP contribution < -0.4 is 9.80 Å². The molecular weight excluding hydrogens is 1320 g/mol. The van der Waals surface area contributed by atoms with Gasteiger partial charge in [-0.25, -0.2) is 39.5 Å². The molecule has 19 rings (SSSR count). The van der Waals surface area contributed by atoms with Crippen LogP contribution >= 0.6 is 0 Å². The number of para-hydroxylation sites is 1. The average molecular weight is 1370 g/mol. The van der Waals surface area contributed by atoms with Gasteiger partial charge < -0.3 is 9.80 Å². The number of hydrogen-bond acceptors (Lipinski definition) is 2. The first-order chi connectivity index (χ1) is 50.7. The van der Waals surface area contributed by atoms with Gasteiger partial charge in [0.2, 0.25) is 5.82 Å². The third-order valence-corrected chi connectivity index (χ3v) is 22.5. The van der Waals surface area contributed by atoms with E-state index in [-0.39, 0.29) is 18.4 Å². The molecule has 0 radical (unpaired) electrons. The molecule has 500 valence electrons. The van der Waals surface area contributed by atoms with E-state index in [1.165, 1.54) is 6.07 Å². The van der Waals surface area contributed by atoms with E-state index in [1.807, 2.05) is 161 Å². The summed E-state index contributed by atoms with van der Waals surface area (Å²) in [6.07, 6.45) is 3.11. The molecule has 3 atom stereocenters. The van der Waals surface area contributed by atoms with Crippen LogP contribution in [-0.4, -0.2) is 0 Å². The summed E-state index contributed by atoms with van der Waals surface area (Å²) in [7, 11) is 0. The lowest BCUT2D eigenvalue weighted by Crippen LogP contribution is -2.34. The van der Waals surface area contributed by atoms with Crippen molar-refractivity contribution < 1.29 is 39.5 Å². The van der Waals surface area contributed by atoms with Crippen molar-refractivity contribution in [1.29, 1.82) is 0 Å². The van der Waals surface area contributed by atoms with Gasteiger partial charge in [0.05, 0.1) is 21.8 Å². The summed E-state index contributed by atoms with van der Waals surface area (Å²) in [4.78, 5) is 4.08. The van der Waals surface area contributed by atoms with Crippen LogP contribution in [0, 0.1) is 52.4 Å². The van der Waals surface area contributed by atoms with Crippen LogP contribution in [0.1, 0.15) is 77.9 Å². The number of nitrogens with zero attached hydrogens (tertiary/aromatic N) is 2. The largest absolute Gasteiger partial charge is 0.310 e. The maximum atomic E-state index is 18.5. The van der Waals surface area contributed by atoms with Crippen molar-refractivity contribution in [3.8, 4) is 55.6 Å². The summed E-state index contributed by atoms with van der Waals surface area (Å²) >= 11 is 0. The van der Waals surface area contributed by atoms with E-state index >= 15 is 39.5 Å². The third kappa shape index (κ3) is 8.49. The van der Waals surface area contributed by atoms with E-state index in [1.54, 1.807) is 78.9 Å². The minimum absolute atomic E-state index is 0.0106. The van der Waals surface area contributed by atoms with Gasteiger partial charge in [0.25, 0.3) is 0 Å². The summed E-state index contributed by atoms with van der Waals surface area (Å²) in [5, 5.41) is 0. The van der Waals surface area contributed by atoms with Gasteiger partial charge in [-0.15, -0.1) is 0 Å². The summed E-state index contributed by atoms with van der Waals surface area (Å²) in [6.45, 7) is 7.84. The third-order valence-electron chi connectivity index (χ3n) is 22.5. The second-order valence-electron chi connectivity index (χ2n) is 27.4. The maximum Gasteiger partial charge on any atom is 0.200 e. The molecule has 0 fully saturated rings. The molecule has 1 spiro atoms. The molecule has 14 aromatic rings. The number of halogens is 9. The predicted octanol–water partition coefficient (Wildman–Crippen LogP) is 24.6. The Balaban J connectivity index is 0.836. The van der Waals surface area contributed by atoms with Gasteiger partial charge in [0.15, 0.2) is 40.7 Å². The molecule has 0 N–H and O–H groups in total. The summed E-state index contributed by atoms with van der Waals surface area (Å²) in [5.74, 6) is -16.5. The van der Waals surface area contributed by atoms with Crippen LogP contribution in [0.3, 0.4) is 0 Å². The first-order valence-corrected chi connectivity index (χ1v) is 34.2. The number of benzene rings is 14. The van der Waals surface area contributed by atoms with Gasteiger partial charge >= 0.3 is 0 Å². The van der Waals surface area contributed by atoms with Crippen LogP contribution in [-0.2, 0) is 29.1 Å². The Hall–Kier alpha value is -12.5. The Kier molecular flexibility index (Phi) is 13.8. The average Bonchev–Trinajstić information content (AvgIpc) is 1.51. The number of anilines is 6. The van der Waals surface area contributed by atoms with E-state index in [0.717, 1.165) is 55.6 Å². The lowest BCUT2D eigenvalue weighted by Gasteiger charge is -2.35. The van der Waals surface area contributed by atoms with Crippen molar-refractivity contribution in [3.63, 3.8) is 0 Å². The van der Waals surface area contributed by atoms with Crippen molar-refractivity contribution in [1.82, 2.24) is 0 Å². The van der Waals surface area contributed by atoms with Crippen molar-refractivity contribution in [2.45, 2.75) is 29.1 Å². The molecule has 1 heterocycles. The standard InChI is InChI=1S/C93H55F9N2/c1-3-52-29-33-54(34-30-52)50-91-71-25-12-8-21-63(71)67-42-38-60(47-75(67)91)104(58-20-16-17-56(45-58)79-82(94)80(91)84(96)87(99)83(79)95)62-40-44-70-66-24-11-15-28-74(66)93(78(70)49-62)73-27-14-10-23-65(73)69-43-39-61(48-77(69)93)103(57-18-6-5-7-19-57)59-37-41-68-64-22-9-13-26-72(64)92(76(68)46-59,51-55-35-31-53(4-2)32-36-55)81-85(97)88(100)90(102)89(101)86(81)98/h3-49H,1-2,50-51H2. The van der Waals surface area contributed by atoms with Gasteiger partial charge in [-0.1, -0.05) is 226 Å². The minimum Gasteiger partial charge on any atom is -0.310 e. The summed E-state index contributed by atoms with van der Waals surface area (Å²) in [6, 6.07) is 85.9. The highest BCUT2D eigenvalue weighted by atomic mass is 19.2. The lowest BCUT2D eigenvalue weighted by atomic mass is 9.67. The molecule has 2 nitrogen and oxygen atoms in total. The number of hydrogen-bond donors (Lipinski definition) is 0. The second-order valence-corrected chi connectivity index (χ2v) is 27.4. The first kappa shape index (κ1) is 62.5. The highest BCUT2D eigenvalue weighted by molar-refractivity contribution is 5.99.